The fourth-order valence-corrected chi connectivity index (χ4v) is 3.27. The number of nitrogens with one attached hydrogen (secondary N) is 2. The fraction of sp³-hybridized carbons (Fsp3) is 0.316. The van der Waals surface area contributed by atoms with Gasteiger partial charge >= 0.3 is 6.18 Å². The maximum Gasteiger partial charge on any atom is 0.421 e. The number of aryl methyl sites for hydroxylation is 1. The van der Waals surface area contributed by atoms with Crippen molar-refractivity contribution in [2.45, 2.75) is 31.0 Å². The Hall–Kier alpha value is -3.14. The predicted octanol–water partition coefficient (Wildman–Crippen LogP) is 4.09. The lowest BCUT2D eigenvalue weighted by atomic mass is 9.74. The van der Waals surface area contributed by atoms with E-state index in [2.05, 4.69) is 25.7 Å². The molecular weight excluding hydrogens is 385 g/mol. The molecule has 0 radical (unpaired) electrons. The van der Waals surface area contributed by atoms with Crippen molar-refractivity contribution in [2.75, 3.05) is 10.6 Å². The standard InChI is InChI=1S/C19H19F3N6O/c1-28-11-12(9-24-28)25-17-23-10-14(19(20,21)22)16(27-17)26-15-6-3-2-5-13(15)18(29)7-4-8-18/h2-3,5-6,9-11,29H,4,7-8H2,1H3,(H2,23,25,26,27). The van der Waals surface area contributed by atoms with E-state index in [1.165, 1.54) is 6.20 Å². The topological polar surface area (TPSA) is 87.9 Å². The molecule has 10 heteroatoms. The van der Waals surface area contributed by atoms with Crippen LogP contribution in [0.25, 0.3) is 0 Å². The Morgan fingerprint density at radius 2 is 1.90 bits per heavy atom. The Labute approximate surface area is 164 Å². The highest BCUT2D eigenvalue weighted by Crippen LogP contribution is 2.45. The summed E-state index contributed by atoms with van der Waals surface area (Å²) < 4.78 is 42.1. The maximum atomic E-state index is 13.5. The smallest absolute Gasteiger partial charge is 0.385 e. The van der Waals surface area contributed by atoms with Gasteiger partial charge in [-0.05, 0) is 25.3 Å². The molecule has 0 saturated heterocycles. The summed E-state index contributed by atoms with van der Waals surface area (Å²) in [6.45, 7) is 0. The van der Waals surface area contributed by atoms with E-state index in [1.54, 1.807) is 42.2 Å². The number of alkyl halides is 3. The van der Waals surface area contributed by atoms with Crippen LogP contribution in [0.5, 0.6) is 0 Å². The van der Waals surface area contributed by atoms with Gasteiger partial charge in [0.25, 0.3) is 0 Å². The second-order valence-electron chi connectivity index (χ2n) is 7.04. The van der Waals surface area contributed by atoms with Gasteiger partial charge in [0.15, 0.2) is 0 Å². The van der Waals surface area contributed by atoms with E-state index < -0.39 is 23.2 Å². The molecule has 0 spiro atoms. The summed E-state index contributed by atoms with van der Waals surface area (Å²) in [5.41, 5.74) is -0.552. The first-order valence-electron chi connectivity index (χ1n) is 9.03. The Morgan fingerprint density at radius 1 is 1.14 bits per heavy atom. The largest absolute Gasteiger partial charge is 0.421 e. The van der Waals surface area contributed by atoms with Crippen LogP contribution < -0.4 is 10.6 Å². The van der Waals surface area contributed by atoms with Gasteiger partial charge in [0, 0.05) is 30.7 Å². The van der Waals surface area contributed by atoms with Gasteiger partial charge in [-0.2, -0.15) is 23.3 Å². The summed E-state index contributed by atoms with van der Waals surface area (Å²) in [6.07, 6.45) is 1.24. The zero-order chi connectivity index (χ0) is 20.6. The molecule has 0 atom stereocenters. The van der Waals surface area contributed by atoms with Gasteiger partial charge in [-0.3, -0.25) is 4.68 Å². The first-order chi connectivity index (χ1) is 13.7. The third kappa shape index (κ3) is 3.88. The monoisotopic (exact) mass is 404 g/mol. The highest BCUT2D eigenvalue weighted by atomic mass is 19.4. The predicted molar refractivity (Wildman–Crippen MR) is 101 cm³/mol. The molecule has 0 bridgehead atoms. The molecule has 0 amide bonds. The van der Waals surface area contributed by atoms with Crippen LogP contribution in [-0.4, -0.2) is 24.9 Å². The number of anilines is 4. The van der Waals surface area contributed by atoms with Crippen LogP contribution in [-0.2, 0) is 18.8 Å². The third-order valence-electron chi connectivity index (χ3n) is 4.92. The average molecular weight is 404 g/mol. The molecule has 3 aromatic rings. The quantitative estimate of drug-likeness (QED) is 0.594. The summed E-state index contributed by atoms with van der Waals surface area (Å²) in [4.78, 5) is 7.82. The van der Waals surface area contributed by atoms with Gasteiger partial charge in [-0.15, -0.1) is 0 Å². The van der Waals surface area contributed by atoms with Crippen LogP contribution in [0.1, 0.15) is 30.4 Å². The number of aliphatic hydroxyl groups is 1. The number of halogens is 3. The summed E-state index contributed by atoms with van der Waals surface area (Å²) in [5, 5.41) is 20.3. The van der Waals surface area contributed by atoms with Gasteiger partial charge in [0.05, 0.1) is 17.5 Å². The number of para-hydroxylation sites is 1. The Bertz CT molecular complexity index is 1030. The first-order valence-corrected chi connectivity index (χ1v) is 9.03. The first kappa shape index (κ1) is 19.2. The summed E-state index contributed by atoms with van der Waals surface area (Å²) >= 11 is 0. The number of nitrogens with zero attached hydrogens (tertiary/aromatic N) is 4. The molecule has 4 rings (SSSR count). The van der Waals surface area contributed by atoms with Gasteiger partial charge in [0.1, 0.15) is 11.4 Å². The van der Waals surface area contributed by atoms with Crippen molar-refractivity contribution in [3.05, 3.63) is 54.0 Å². The second-order valence-corrected chi connectivity index (χ2v) is 7.04. The van der Waals surface area contributed by atoms with E-state index in [0.29, 0.717) is 29.8 Å². The van der Waals surface area contributed by atoms with E-state index in [-0.39, 0.29) is 5.95 Å². The number of hydrogen-bond acceptors (Lipinski definition) is 6. The van der Waals surface area contributed by atoms with Crippen LogP contribution in [0.4, 0.5) is 36.3 Å². The molecule has 0 unspecified atom stereocenters. The van der Waals surface area contributed by atoms with Crippen LogP contribution in [0, 0.1) is 0 Å². The summed E-state index contributed by atoms with van der Waals surface area (Å²) in [7, 11) is 1.72. The summed E-state index contributed by atoms with van der Waals surface area (Å²) in [6, 6.07) is 6.78. The molecule has 1 aliphatic carbocycles. The van der Waals surface area contributed by atoms with Crippen molar-refractivity contribution >= 4 is 23.1 Å². The molecule has 0 aliphatic heterocycles. The normalized spacial score (nSPS) is 15.6. The van der Waals surface area contributed by atoms with E-state index in [4.69, 9.17) is 0 Å². The van der Waals surface area contributed by atoms with E-state index in [0.717, 1.165) is 12.6 Å². The number of benzene rings is 1. The maximum absolute atomic E-state index is 13.5. The van der Waals surface area contributed by atoms with Gasteiger partial charge in [-0.25, -0.2) is 4.98 Å². The molecule has 29 heavy (non-hydrogen) atoms. The molecule has 1 aliphatic rings. The Balaban J connectivity index is 1.71. The fourth-order valence-electron chi connectivity index (χ4n) is 3.27. The van der Waals surface area contributed by atoms with Gasteiger partial charge < -0.3 is 15.7 Å². The molecule has 2 aromatic heterocycles. The van der Waals surface area contributed by atoms with Crippen molar-refractivity contribution in [2.24, 2.45) is 7.05 Å². The molecule has 152 valence electrons. The molecular formula is C19H19F3N6O. The Morgan fingerprint density at radius 3 is 2.52 bits per heavy atom. The van der Waals surface area contributed by atoms with Crippen molar-refractivity contribution < 1.29 is 18.3 Å². The molecule has 1 saturated carbocycles. The van der Waals surface area contributed by atoms with Crippen molar-refractivity contribution in [1.82, 2.24) is 19.7 Å². The molecule has 1 fully saturated rings. The van der Waals surface area contributed by atoms with Crippen LogP contribution in [0.15, 0.2) is 42.9 Å². The number of rotatable bonds is 5. The summed E-state index contributed by atoms with van der Waals surface area (Å²) in [5.74, 6) is -0.400. The van der Waals surface area contributed by atoms with Crippen LogP contribution in [0.2, 0.25) is 0 Å². The van der Waals surface area contributed by atoms with Crippen LogP contribution >= 0.6 is 0 Å². The third-order valence-corrected chi connectivity index (χ3v) is 4.92. The van der Waals surface area contributed by atoms with Crippen molar-refractivity contribution in [3.8, 4) is 0 Å². The van der Waals surface area contributed by atoms with E-state index in [9.17, 15) is 18.3 Å². The molecule has 2 heterocycles. The molecule has 7 nitrogen and oxygen atoms in total. The van der Waals surface area contributed by atoms with E-state index in [1.807, 2.05) is 0 Å². The average Bonchev–Trinajstić information content (AvgIpc) is 3.04. The van der Waals surface area contributed by atoms with Crippen LogP contribution in [0.3, 0.4) is 0 Å². The van der Waals surface area contributed by atoms with Crippen molar-refractivity contribution in [3.63, 3.8) is 0 Å². The Kier molecular flexibility index (Phi) is 4.65. The zero-order valence-electron chi connectivity index (χ0n) is 15.5. The van der Waals surface area contributed by atoms with E-state index >= 15 is 0 Å². The minimum Gasteiger partial charge on any atom is -0.385 e. The lowest BCUT2D eigenvalue weighted by Gasteiger charge is -2.38. The second kappa shape index (κ2) is 7.03. The van der Waals surface area contributed by atoms with Crippen molar-refractivity contribution in [1.29, 1.82) is 0 Å². The number of aromatic nitrogens is 4. The minimum absolute atomic E-state index is 0.00617. The highest BCUT2D eigenvalue weighted by Gasteiger charge is 2.39. The molecule has 1 aromatic carbocycles. The lowest BCUT2D eigenvalue weighted by Crippen LogP contribution is -2.34. The van der Waals surface area contributed by atoms with Gasteiger partial charge in [0.2, 0.25) is 5.95 Å². The van der Waals surface area contributed by atoms with Gasteiger partial charge in [-0.1, -0.05) is 18.2 Å². The zero-order valence-corrected chi connectivity index (χ0v) is 15.5. The SMILES string of the molecule is Cn1cc(Nc2ncc(C(F)(F)F)c(Nc3ccccc3C3(O)CCC3)n2)cn1. The number of hydrogen-bond donors (Lipinski definition) is 3. The lowest BCUT2D eigenvalue weighted by molar-refractivity contribution is -0.137. The molecule has 3 N–H and O–H groups in total. The highest BCUT2D eigenvalue weighted by molar-refractivity contribution is 5.66. The minimum atomic E-state index is -4.64.